The van der Waals surface area contributed by atoms with Gasteiger partial charge in [0, 0.05) is 11.3 Å². The van der Waals surface area contributed by atoms with E-state index < -0.39 is 0 Å². The summed E-state index contributed by atoms with van der Waals surface area (Å²) in [5.74, 6) is 0.605. The van der Waals surface area contributed by atoms with Crippen LogP contribution in [0.1, 0.15) is 30.1 Å². The van der Waals surface area contributed by atoms with Gasteiger partial charge in [-0.2, -0.15) is 0 Å². The molecule has 0 aliphatic carbocycles. The molecule has 0 unspecified atom stereocenters. The molecule has 0 spiro atoms. The second-order valence-electron chi connectivity index (χ2n) is 5.18. The van der Waals surface area contributed by atoms with Gasteiger partial charge in [0.1, 0.15) is 11.5 Å². The molecular weight excluding hydrogens is 324 g/mol. The zero-order chi connectivity index (χ0) is 17.4. The first kappa shape index (κ1) is 17.7. The van der Waals surface area contributed by atoms with Crippen LogP contribution >= 0.6 is 12.2 Å². The minimum Gasteiger partial charge on any atom is -0.508 e. The zero-order valence-corrected chi connectivity index (χ0v) is 14.2. The van der Waals surface area contributed by atoms with Crippen LogP contribution in [-0.2, 0) is 0 Å². The smallest absolute Gasteiger partial charge is 0.257 e. The monoisotopic (exact) mass is 344 g/mol. The van der Waals surface area contributed by atoms with E-state index in [1.165, 1.54) is 12.1 Å². The molecule has 0 radical (unpaired) electrons. The Kier molecular flexibility index (Phi) is 6.57. The molecule has 6 heteroatoms. The second kappa shape index (κ2) is 8.88. The van der Waals surface area contributed by atoms with Crippen molar-refractivity contribution in [1.82, 2.24) is 5.32 Å². The van der Waals surface area contributed by atoms with Crippen molar-refractivity contribution in [1.29, 1.82) is 0 Å². The van der Waals surface area contributed by atoms with Gasteiger partial charge in [0.15, 0.2) is 5.11 Å². The number of ether oxygens (including phenoxy) is 1. The Morgan fingerprint density at radius 3 is 2.42 bits per heavy atom. The first-order chi connectivity index (χ1) is 11.6. The van der Waals surface area contributed by atoms with Crippen LogP contribution in [0.5, 0.6) is 11.5 Å². The SMILES string of the molecule is CCCCOc1ccc(C(=O)NC(=S)Nc2ccc(O)cc2)cc1. The highest BCUT2D eigenvalue weighted by molar-refractivity contribution is 7.80. The van der Waals surface area contributed by atoms with E-state index in [4.69, 9.17) is 17.0 Å². The summed E-state index contributed by atoms with van der Waals surface area (Å²) in [6, 6.07) is 13.3. The maximum Gasteiger partial charge on any atom is 0.257 e. The normalized spacial score (nSPS) is 10.0. The summed E-state index contributed by atoms with van der Waals surface area (Å²) in [4.78, 5) is 12.2. The average molecular weight is 344 g/mol. The molecule has 2 aromatic carbocycles. The van der Waals surface area contributed by atoms with Gasteiger partial charge >= 0.3 is 0 Å². The van der Waals surface area contributed by atoms with E-state index in [0.717, 1.165) is 18.6 Å². The third kappa shape index (κ3) is 5.55. The van der Waals surface area contributed by atoms with Crippen LogP contribution in [0.3, 0.4) is 0 Å². The van der Waals surface area contributed by atoms with Gasteiger partial charge in [-0.3, -0.25) is 10.1 Å². The Hall–Kier alpha value is -2.60. The van der Waals surface area contributed by atoms with Gasteiger partial charge < -0.3 is 15.2 Å². The highest BCUT2D eigenvalue weighted by Gasteiger charge is 2.08. The number of rotatable bonds is 6. The van der Waals surface area contributed by atoms with Gasteiger partial charge in [-0.25, -0.2) is 0 Å². The fraction of sp³-hybridized carbons (Fsp3) is 0.222. The quantitative estimate of drug-likeness (QED) is 0.423. The molecule has 0 aliphatic rings. The third-order valence-corrected chi connectivity index (χ3v) is 3.44. The van der Waals surface area contributed by atoms with Crippen molar-refractivity contribution in [2.75, 3.05) is 11.9 Å². The fourth-order valence-corrected chi connectivity index (χ4v) is 2.13. The summed E-state index contributed by atoms with van der Waals surface area (Å²) in [5.41, 5.74) is 1.17. The Balaban J connectivity index is 1.86. The lowest BCUT2D eigenvalue weighted by Gasteiger charge is -2.10. The topological polar surface area (TPSA) is 70.6 Å². The van der Waals surface area contributed by atoms with Crippen molar-refractivity contribution in [3.8, 4) is 11.5 Å². The number of anilines is 1. The number of carbonyl (C=O) groups is 1. The van der Waals surface area contributed by atoms with Gasteiger partial charge in [0.2, 0.25) is 0 Å². The van der Waals surface area contributed by atoms with Crippen LogP contribution in [0.4, 0.5) is 5.69 Å². The van der Waals surface area contributed by atoms with Crippen molar-refractivity contribution in [2.24, 2.45) is 0 Å². The summed E-state index contributed by atoms with van der Waals surface area (Å²) in [6.45, 7) is 2.77. The Morgan fingerprint density at radius 2 is 1.79 bits per heavy atom. The highest BCUT2D eigenvalue weighted by Crippen LogP contribution is 2.14. The van der Waals surface area contributed by atoms with E-state index in [1.54, 1.807) is 36.4 Å². The van der Waals surface area contributed by atoms with Crippen LogP contribution in [0.25, 0.3) is 0 Å². The maximum atomic E-state index is 12.2. The standard InChI is InChI=1S/C18H20N2O3S/c1-2-3-12-23-16-10-4-13(5-11-16)17(22)20-18(24)19-14-6-8-15(21)9-7-14/h4-11,21H,2-3,12H2,1H3,(H2,19,20,22,24). The molecule has 24 heavy (non-hydrogen) atoms. The second-order valence-corrected chi connectivity index (χ2v) is 5.59. The van der Waals surface area contributed by atoms with Gasteiger partial charge in [-0.1, -0.05) is 13.3 Å². The number of benzene rings is 2. The molecule has 126 valence electrons. The first-order valence-electron chi connectivity index (χ1n) is 7.72. The maximum absolute atomic E-state index is 12.2. The van der Waals surface area contributed by atoms with Gasteiger partial charge in [-0.15, -0.1) is 0 Å². The van der Waals surface area contributed by atoms with E-state index in [0.29, 0.717) is 17.9 Å². The predicted octanol–water partition coefficient (Wildman–Crippen LogP) is 3.70. The number of amides is 1. The number of nitrogens with one attached hydrogen (secondary N) is 2. The first-order valence-corrected chi connectivity index (χ1v) is 8.13. The molecule has 0 aromatic heterocycles. The third-order valence-electron chi connectivity index (χ3n) is 3.24. The van der Waals surface area contributed by atoms with Crippen LogP contribution in [0.15, 0.2) is 48.5 Å². The molecule has 1 amide bonds. The number of hydrogen-bond acceptors (Lipinski definition) is 4. The lowest BCUT2D eigenvalue weighted by atomic mass is 10.2. The van der Waals surface area contributed by atoms with Crippen LogP contribution in [0.2, 0.25) is 0 Å². The van der Waals surface area contributed by atoms with E-state index in [1.807, 2.05) is 0 Å². The number of phenolic OH excluding ortho intramolecular Hbond substituents is 1. The van der Waals surface area contributed by atoms with Gasteiger partial charge in [0.25, 0.3) is 5.91 Å². The minimum atomic E-state index is -0.300. The summed E-state index contributed by atoms with van der Waals surface area (Å²) in [7, 11) is 0. The number of aromatic hydroxyl groups is 1. The van der Waals surface area contributed by atoms with Crippen molar-refractivity contribution in [2.45, 2.75) is 19.8 Å². The number of phenols is 1. The van der Waals surface area contributed by atoms with Crippen molar-refractivity contribution in [3.05, 3.63) is 54.1 Å². The van der Waals surface area contributed by atoms with Crippen LogP contribution in [-0.4, -0.2) is 22.7 Å². The Labute approximate surface area is 146 Å². The summed E-state index contributed by atoms with van der Waals surface area (Å²) >= 11 is 5.11. The van der Waals surface area contributed by atoms with E-state index in [2.05, 4.69) is 17.6 Å². The number of carbonyl (C=O) groups excluding carboxylic acids is 1. The molecular formula is C18H20N2O3S. The molecule has 0 atom stereocenters. The Morgan fingerprint density at radius 1 is 1.12 bits per heavy atom. The molecule has 0 heterocycles. The highest BCUT2D eigenvalue weighted by atomic mass is 32.1. The summed E-state index contributed by atoms with van der Waals surface area (Å²) < 4.78 is 5.56. The molecule has 0 bridgehead atoms. The molecule has 0 fully saturated rings. The molecule has 0 saturated carbocycles. The van der Waals surface area contributed by atoms with E-state index in [-0.39, 0.29) is 16.8 Å². The fourth-order valence-electron chi connectivity index (χ4n) is 1.92. The van der Waals surface area contributed by atoms with Crippen molar-refractivity contribution < 1.29 is 14.6 Å². The van der Waals surface area contributed by atoms with E-state index in [9.17, 15) is 9.90 Å². The molecule has 3 N–H and O–H groups in total. The van der Waals surface area contributed by atoms with E-state index >= 15 is 0 Å². The Bertz CT molecular complexity index is 684. The lowest BCUT2D eigenvalue weighted by molar-refractivity contribution is 0.0977. The van der Waals surface area contributed by atoms with Gasteiger partial charge in [-0.05, 0) is 67.2 Å². The van der Waals surface area contributed by atoms with Crippen molar-refractivity contribution >= 4 is 28.9 Å². The number of thiocarbonyl (C=S) groups is 1. The molecule has 2 rings (SSSR count). The largest absolute Gasteiger partial charge is 0.508 e. The summed E-state index contributed by atoms with van der Waals surface area (Å²) in [5, 5.41) is 14.9. The number of hydrogen-bond donors (Lipinski definition) is 3. The van der Waals surface area contributed by atoms with Gasteiger partial charge in [0.05, 0.1) is 6.61 Å². The minimum absolute atomic E-state index is 0.164. The zero-order valence-electron chi connectivity index (χ0n) is 13.4. The average Bonchev–Trinajstić information content (AvgIpc) is 2.58. The molecule has 5 nitrogen and oxygen atoms in total. The number of unbranched alkanes of at least 4 members (excludes halogenated alkanes) is 1. The van der Waals surface area contributed by atoms with Crippen LogP contribution in [0, 0.1) is 0 Å². The molecule has 0 aliphatic heterocycles. The summed E-state index contributed by atoms with van der Waals surface area (Å²) in [6.07, 6.45) is 2.07. The predicted molar refractivity (Wildman–Crippen MR) is 98.6 cm³/mol. The van der Waals surface area contributed by atoms with Crippen molar-refractivity contribution in [3.63, 3.8) is 0 Å². The lowest BCUT2D eigenvalue weighted by Crippen LogP contribution is -2.34. The van der Waals surface area contributed by atoms with Crippen LogP contribution < -0.4 is 15.4 Å². The molecule has 2 aromatic rings. The molecule has 0 saturated heterocycles.